The van der Waals surface area contributed by atoms with Crippen molar-refractivity contribution in [2.45, 2.75) is 32.0 Å². The lowest BCUT2D eigenvalue weighted by molar-refractivity contribution is -0.136. The van der Waals surface area contributed by atoms with Crippen molar-refractivity contribution in [3.8, 4) is 11.3 Å². The van der Waals surface area contributed by atoms with Crippen LogP contribution >= 0.6 is 0 Å². The standard InChI is InChI=1S/C26H21FN4O5/c27-20-11-18(12-28-23(20)16-4-2-1-3-5-16)29-26(35)36-14-15-6-7-17-13-31(25(34)19(17)10-15)21-8-9-22(32)30-24(21)33/h1-7,10-12,21H,8-9,13-14H2,(H,29,35)(H,30,32,33). The van der Waals surface area contributed by atoms with Gasteiger partial charge in [-0.25, -0.2) is 9.18 Å². The van der Waals surface area contributed by atoms with E-state index >= 15 is 0 Å². The molecule has 1 unspecified atom stereocenters. The molecule has 2 aromatic carbocycles. The molecule has 0 saturated carbocycles. The van der Waals surface area contributed by atoms with Crippen LogP contribution in [0.5, 0.6) is 0 Å². The van der Waals surface area contributed by atoms with Crippen LogP contribution in [-0.4, -0.2) is 39.7 Å². The summed E-state index contributed by atoms with van der Waals surface area (Å²) in [5.41, 5.74) is 2.67. The Hall–Kier alpha value is -4.60. The molecule has 2 aliphatic rings. The molecule has 36 heavy (non-hydrogen) atoms. The summed E-state index contributed by atoms with van der Waals surface area (Å²) in [5.74, 6) is -1.72. The van der Waals surface area contributed by atoms with Gasteiger partial charge in [0, 0.05) is 30.2 Å². The number of imide groups is 1. The highest BCUT2D eigenvalue weighted by atomic mass is 19.1. The summed E-state index contributed by atoms with van der Waals surface area (Å²) in [4.78, 5) is 54.3. The van der Waals surface area contributed by atoms with Crippen LogP contribution in [0.1, 0.15) is 34.3 Å². The molecule has 0 aliphatic carbocycles. The van der Waals surface area contributed by atoms with Gasteiger partial charge in [0.25, 0.3) is 5.91 Å². The van der Waals surface area contributed by atoms with Crippen LogP contribution in [0.3, 0.4) is 0 Å². The molecule has 5 rings (SSSR count). The van der Waals surface area contributed by atoms with Crippen molar-refractivity contribution in [3.05, 3.63) is 83.3 Å². The summed E-state index contributed by atoms with van der Waals surface area (Å²) in [7, 11) is 0. The van der Waals surface area contributed by atoms with E-state index in [0.29, 0.717) is 16.7 Å². The second kappa shape index (κ2) is 9.57. The molecule has 1 aromatic heterocycles. The molecular weight excluding hydrogens is 467 g/mol. The van der Waals surface area contributed by atoms with E-state index < -0.39 is 23.9 Å². The fourth-order valence-corrected chi connectivity index (χ4v) is 4.31. The zero-order chi connectivity index (χ0) is 25.2. The Morgan fingerprint density at radius 3 is 2.69 bits per heavy atom. The average Bonchev–Trinajstić information content (AvgIpc) is 3.19. The first-order valence-corrected chi connectivity index (χ1v) is 11.3. The highest BCUT2D eigenvalue weighted by Crippen LogP contribution is 2.28. The molecule has 182 valence electrons. The molecule has 3 aromatic rings. The zero-order valence-electron chi connectivity index (χ0n) is 19.0. The number of ether oxygens (including phenoxy) is 1. The summed E-state index contributed by atoms with van der Waals surface area (Å²) in [5, 5.41) is 4.71. The van der Waals surface area contributed by atoms with Crippen LogP contribution in [0.25, 0.3) is 11.3 Å². The van der Waals surface area contributed by atoms with Crippen LogP contribution < -0.4 is 10.6 Å². The fraction of sp³-hybridized carbons (Fsp3) is 0.192. The van der Waals surface area contributed by atoms with Crippen molar-refractivity contribution in [2.24, 2.45) is 0 Å². The molecule has 3 heterocycles. The van der Waals surface area contributed by atoms with Crippen LogP contribution in [0.2, 0.25) is 0 Å². The number of halogens is 1. The summed E-state index contributed by atoms with van der Waals surface area (Å²) >= 11 is 0. The number of hydrogen-bond acceptors (Lipinski definition) is 6. The van der Waals surface area contributed by atoms with Crippen LogP contribution in [0, 0.1) is 5.82 Å². The Balaban J connectivity index is 1.20. The van der Waals surface area contributed by atoms with Gasteiger partial charge in [0.05, 0.1) is 11.9 Å². The first kappa shape index (κ1) is 23.2. The summed E-state index contributed by atoms with van der Waals surface area (Å²) < 4.78 is 19.7. The molecule has 1 fully saturated rings. The molecular formula is C26H21FN4O5. The highest BCUT2D eigenvalue weighted by Gasteiger charge is 2.39. The van der Waals surface area contributed by atoms with Gasteiger partial charge in [0.2, 0.25) is 11.8 Å². The number of amides is 4. The molecule has 0 bridgehead atoms. The Labute approximate surface area is 205 Å². The Bertz CT molecular complexity index is 1380. The van der Waals surface area contributed by atoms with Gasteiger partial charge in [-0.1, -0.05) is 42.5 Å². The van der Waals surface area contributed by atoms with Gasteiger partial charge in [-0.15, -0.1) is 0 Å². The van der Waals surface area contributed by atoms with E-state index in [1.807, 2.05) is 6.07 Å². The number of pyridine rings is 1. The molecule has 10 heteroatoms. The minimum absolute atomic E-state index is 0.122. The van der Waals surface area contributed by atoms with Crippen LogP contribution in [-0.2, 0) is 27.5 Å². The van der Waals surface area contributed by atoms with Gasteiger partial charge in [-0.2, -0.15) is 0 Å². The second-order valence-electron chi connectivity index (χ2n) is 8.51. The van der Waals surface area contributed by atoms with Gasteiger partial charge < -0.3 is 9.64 Å². The molecule has 2 aliphatic heterocycles. The molecule has 1 saturated heterocycles. The maximum atomic E-state index is 14.5. The molecule has 0 radical (unpaired) electrons. The molecule has 0 spiro atoms. The number of carbonyl (C=O) groups is 4. The first-order valence-electron chi connectivity index (χ1n) is 11.3. The topological polar surface area (TPSA) is 118 Å². The third-order valence-corrected chi connectivity index (χ3v) is 6.10. The summed E-state index contributed by atoms with van der Waals surface area (Å²) in [6.07, 6.45) is 0.992. The average molecular weight is 488 g/mol. The predicted molar refractivity (Wildman–Crippen MR) is 126 cm³/mol. The zero-order valence-corrected chi connectivity index (χ0v) is 19.0. The number of hydrogen-bond donors (Lipinski definition) is 2. The van der Waals surface area contributed by atoms with E-state index in [1.54, 1.807) is 42.5 Å². The Morgan fingerprint density at radius 2 is 1.94 bits per heavy atom. The normalized spacial score (nSPS) is 17.0. The Kier molecular flexibility index (Phi) is 6.16. The third-order valence-electron chi connectivity index (χ3n) is 6.10. The van der Waals surface area contributed by atoms with E-state index in [4.69, 9.17) is 4.74 Å². The van der Waals surface area contributed by atoms with Gasteiger partial charge in [-0.3, -0.25) is 30.0 Å². The maximum Gasteiger partial charge on any atom is 0.412 e. The van der Waals surface area contributed by atoms with Crippen molar-refractivity contribution in [1.82, 2.24) is 15.2 Å². The number of rotatable bonds is 5. The van der Waals surface area contributed by atoms with Crippen molar-refractivity contribution in [1.29, 1.82) is 0 Å². The number of anilines is 1. The van der Waals surface area contributed by atoms with E-state index in [-0.39, 0.29) is 49.2 Å². The van der Waals surface area contributed by atoms with Gasteiger partial charge in [0.15, 0.2) is 5.82 Å². The van der Waals surface area contributed by atoms with Crippen molar-refractivity contribution < 1.29 is 28.3 Å². The number of carbonyl (C=O) groups excluding carboxylic acids is 4. The summed E-state index contributed by atoms with van der Waals surface area (Å²) in [6, 6.07) is 14.4. The minimum atomic E-state index is -0.805. The molecule has 4 amide bonds. The number of piperidine rings is 1. The minimum Gasteiger partial charge on any atom is -0.444 e. The number of aromatic nitrogens is 1. The lowest BCUT2D eigenvalue weighted by Gasteiger charge is -2.29. The number of nitrogens with zero attached hydrogens (tertiary/aromatic N) is 2. The van der Waals surface area contributed by atoms with Gasteiger partial charge in [0.1, 0.15) is 18.3 Å². The quantitative estimate of drug-likeness (QED) is 0.532. The lowest BCUT2D eigenvalue weighted by atomic mass is 10.0. The largest absolute Gasteiger partial charge is 0.444 e. The smallest absolute Gasteiger partial charge is 0.412 e. The predicted octanol–water partition coefficient (Wildman–Crippen LogP) is 3.40. The van der Waals surface area contributed by atoms with Crippen molar-refractivity contribution in [3.63, 3.8) is 0 Å². The monoisotopic (exact) mass is 488 g/mol. The van der Waals surface area contributed by atoms with Crippen molar-refractivity contribution in [2.75, 3.05) is 5.32 Å². The second-order valence-corrected chi connectivity index (χ2v) is 8.51. The lowest BCUT2D eigenvalue weighted by Crippen LogP contribution is -2.52. The molecule has 9 nitrogen and oxygen atoms in total. The maximum absolute atomic E-state index is 14.5. The summed E-state index contributed by atoms with van der Waals surface area (Å²) in [6.45, 7) is 0.141. The van der Waals surface area contributed by atoms with E-state index in [2.05, 4.69) is 15.6 Å². The fourth-order valence-electron chi connectivity index (χ4n) is 4.31. The number of nitrogens with one attached hydrogen (secondary N) is 2. The van der Waals surface area contributed by atoms with E-state index in [9.17, 15) is 23.6 Å². The van der Waals surface area contributed by atoms with E-state index in [1.165, 1.54) is 11.1 Å². The van der Waals surface area contributed by atoms with Crippen molar-refractivity contribution >= 4 is 29.5 Å². The van der Waals surface area contributed by atoms with Gasteiger partial charge in [-0.05, 0) is 23.6 Å². The van der Waals surface area contributed by atoms with E-state index in [0.717, 1.165) is 11.6 Å². The van der Waals surface area contributed by atoms with Crippen LogP contribution in [0.4, 0.5) is 14.9 Å². The molecule has 2 N–H and O–H groups in total. The number of fused-ring (bicyclic) bond motifs is 1. The third kappa shape index (κ3) is 4.65. The SMILES string of the molecule is O=C1CCC(N2Cc3ccc(COC(=O)Nc4cnc(-c5ccccc5)c(F)c4)cc3C2=O)C(=O)N1. The first-order chi connectivity index (χ1) is 17.4. The molecule has 1 atom stereocenters. The van der Waals surface area contributed by atoms with Crippen LogP contribution in [0.15, 0.2) is 60.8 Å². The van der Waals surface area contributed by atoms with Gasteiger partial charge >= 0.3 is 6.09 Å². The Morgan fingerprint density at radius 1 is 1.14 bits per heavy atom. The number of benzene rings is 2. The highest BCUT2D eigenvalue weighted by molar-refractivity contribution is 6.05.